The molecule has 1 fully saturated rings. The molecule has 1 aliphatic rings. The molecular weight excluding hydrogens is 327 g/mol. The molecule has 9 heteroatoms. The van der Waals surface area contributed by atoms with Gasteiger partial charge in [-0.25, -0.2) is 4.39 Å². The number of hydrogen-bond donors (Lipinski definition) is 0. The van der Waals surface area contributed by atoms with Gasteiger partial charge in [0.25, 0.3) is 0 Å². The van der Waals surface area contributed by atoms with Gasteiger partial charge in [0, 0.05) is 20.8 Å². The Morgan fingerprint density at radius 2 is 1.62 bits per heavy atom. The highest BCUT2D eigenvalue weighted by atomic mass is 19.1. The summed E-state index contributed by atoms with van der Waals surface area (Å²) in [5.41, 5.74) is 0. The van der Waals surface area contributed by atoms with Crippen LogP contribution in [0.25, 0.3) is 0 Å². The Bertz CT molecular complexity index is 480. The molecule has 136 valence electrons. The van der Waals surface area contributed by atoms with Gasteiger partial charge >= 0.3 is 17.9 Å². The molecule has 1 rings (SSSR count). The summed E-state index contributed by atoms with van der Waals surface area (Å²) in [6.45, 7) is 6.54. The fraction of sp³-hybridized carbons (Fsp3) is 0.667. The third-order valence-corrected chi connectivity index (χ3v) is 3.04. The van der Waals surface area contributed by atoms with Crippen molar-refractivity contribution in [2.75, 3.05) is 13.2 Å². The summed E-state index contributed by atoms with van der Waals surface area (Å²) < 4.78 is 39.6. The minimum Gasteiger partial charge on any atom is -0.463 e. The van der Waals surface area contributed by atoms with Crippen molar-refractivity contribution in [1.82, 2.24) is 0 Å². The molecule has 0 unspecified atom stereocenters. The summed E-state index contributed by atoms with van der Waals surface area (Å²) in [5.74, 6) is -2.04. The lowest BCUT2D eigenvalue weighted by Gasteiger charge is -2.42. The van der Waals surface area contributed by atoms with Gasteiger partial charge in [0.15, 0.2) is 12.2 Å². The zero-order valence-corrected chi connectivity index (χ0v) is 13.7. The van der Waals surface area contributed by atoms with E-state index in [1.54, 1.807) is 0 Å². The number of esters is 3. The SMILES string of the molecule is C=CCO[C@@H]1[C@@H](OC(C)=O)[C@@H](F)O[C@H](COC(C)=O)[C@H]1OC(C)=O. The van der Waals surface area contributed by atoms with Crippen LogP contribution in [0.5, 0.6) is 0 Å². The van der Waals surface area contributed by atoms with E-state index in [0.717, 1.165) is 13.8 Å². The van der Waals surface area contributed by atoms with Gasteiger partial charge in [-0.05, 0) is 0 Å². The number of alkyl halides is 1. The molecule has 0 bridgehead atoms. The highest BCUT2D eigenvalue weighted by molar-refractivity contribution is 5.67. The monoisotopic (exact) mass is 348 g/mol. The topological polar surface area (TPSA) is 97.4 Å². The third kappa shape index (κ3) is 5.89. The van der Waals surface area contributed by atoms with Gasteiger partial charge in [-0.2, -0.15) is 0 Å². The first-order valence-corrected chi connectivity index (χ1v) is 7.26. The van der Waals surface area contributed by atoms with E-state index in [2.05, 4.69) is 6.58 Å². The highest BCUT2D eigenvalue weighted by Gasteiger charge is 2.51. The summed E-state index contributed by atoms with van der Waals surface area (Å²) in [6, 6.07) is 0. The van der Waals surface area contributed by atoms with Crippen molar-refractivity contribution in [3.8, 4) is 0 Å². The normalized spacial score (nSPS) is 29.4. The molecule has 8 nitrogen and oxygen atoms in total. The van der Waals surface area contributed by atoms with E-state index < -0.39 is 48.7 Å². The van der Waals surface area contributed by atoms with Gasteiger partial charge in [0.1, 0.15) is 18.8 Å². The maximum absolute atomic E-state index is 14.3. The second kappa shape index (κ2) is 9.33. The smallest absolute Gasteiger partial charge is 0.303 e. The second-order valence-electron chi connectivity index (χ2n) is 5.06. The van der Waals surface area contributed by atoms with E-state index in [0.29, 0.717) is 0 Å². The fourth-order valence-corrected chi connectivity index (χ4v) is 2.22. The lowest BCUT2D eigenvalue weighted by Crippen LogP contribution is -2.61. The van der Waals surface area contributed by atoms with Crippen LogP contribution >= 0.6 is 0 Å². The quantitative estimate of drug-likeness (QED) is 0.376. The van der Waals surface area contributed by atoms with Crippen LogP contribution in [0.15, 0.2) is 12.7 Å². The van der Waals surface area contributed by atoms with Crippen molar-refractivity contribution in [1.29, 1.82) is 0 Å². The first-order chi connectivity index (χ1) is 11.3. The van der Waals surface area contributed by atoms with Gasteiger partial charge in [0.2, 0.25) is 6.36 Å². The van der Waals surface area contributed by atoms with Crippen molar-refractivity contribution in [3.05, 3.63) is 12.7 Å². The number of rotatable bonds is 7. The molecule has 0 aliphatic carbocycles. The van der Waals surface area contributed by atoms with E-state index >= 15 is 0 Å². The Balaban J connectivity index is 3.05. The number of hydrogen-bond acceptors (Lipinski definition) is 8. The van der Waals surface area contributed by atoms with Crippen molar-refractivity contribution in [2.24, 2.45) is 0 Å². The molecule has 1 heterocycles. The zero-order chi connectivity index (χ0) is 18.3. The molecule has 1 aliphatic heterocycles. The Labute approximate surface area is 138 Å². The zero-order valence-electron chi connectivity index (χ0n) is 13.7. The van der Waals surface area contributed by atoms with Gasteiger partial charge in [-0.15, -0.1) is 6.58 Å². The average molecular weight is 348 g/mol. The number of carbonyl (C=O) groups excluding carboxylic acids is 3. The summed E-state index contributed by atoms with van der Waals surface area (Å²) in [7, 11) is 0. The largest absolute Gasteiger partial charge is 0.463 e. The van der Waals surface area contributed by atoms with Gasteiger partial charge in [-0.3, -0.25) is 14.4 Å². The van der Waals surface area contributed by atoms with Crippen LogP contribution in [0.2, 0.25) is 0 Å². The number of ether oxygens (including phenoxy) is 5. The molecule has 0 radical (unpaired) electrons. The molecule has 24 heavy (non-hydrogen) atoms. The van der Waals surface area contributed by atoms with Crippen molar-refractivity contribution >= 4 is 17.9 Å². The molecule has 1 saturated heterocycles. The first kappa shape index (κ1) is 20.0. The third-order valence-electron chi connectivity index (χ3n) is 3.04. The van der Waals surface area contributed by atoms with Crippen LogP contribution in [0.1, 0.15) is 20.8 Å². The Morgan fingerprint density at radius 1 is 1.04 bits per heavy atom. The van der Waals surface area contributed by atoms with E-state index in [1.165, 1.54) is 13.0 Å². The maximum atomic E-state index is 14.3. The van der Waals surface area contributed by atoms with E-state index in [9.17, 15) is 18.8 Å². The fourth-order valence-electron chi connectivity index (χ4n) is 2.22. The van der Waals surface area contributed by atoms with Gasteiger partial charge in [0.05, 0.1) is 6.61 Å². The van der Waals surface area contributed by atoms with Crippen molar-refractivity contribution in [2.45, 2.75) is 51.5 Å². The molecule has 0 amide bonds. The molecule has 0 spiro atoms. The summed E-state index contributed by atoms with van der Waals surface area (Å²) in [4.78, 5) is 33.5. The maximum Gasteiger partial charge on any atom is 0.303 e. The van der Waals surface area contributed by atoms with E-state index in [4.69, 9.17) is 23.7 Å². The van der Waals surface area contributed by atoms with Crippen LogP contribution in [-0.2, 0) is 38.1 Å². The minimum atomic E-state index is -2.05. The summed E-state index contributed by atoms with van der Waals surface area (Å²) in [5, 5.41) is 0. The Morgan fingerprint density at radius 3 is 2.12 bits per heavy atom. The summed E-state index contributed by atoms with van der Waals surface area (Å²) in [6.07, 6.45) is -5.50. The van der Waals surface area contributed by atoms with E-state index in [-0.39, 0.29) is 13.2 Å². The molecule has 0 aromatic rings. The standard InChI is InChI=1S/C15H21FO8/c1-5-6-20-13-12(22-9(3)18)11(7-21-8(2)17)24-15(16)14(13)23-10(4)19/h5,11-15H,1,6-7H2,2-4H3/t11-,12-,13+,14-,15+/m1/s1. The molecule has 0 aromatic heterocycles. The van der Waals surface area contributed by atoms with E-state index in [1.807, 2.05) is 0 Å². The molecule has 5 atom stereocenters. The lowest BCUT2D eigenvalue weighted by molar-refractivity contribution is -0.279. The van der Waals surface area contributed by atoms with Crippen LogP contribution in [-0.4, -0.2) is 61.9 Å². The molecule has 0 N–H and O–H groups in total. The van der Waals surface area contributed by atoms with Gasteiger partial charge < -0.3 is 23.7 Å². The second-order valence-corrected chi connectivity index (χ2v) is 5.06. The Kier molecular flexibility index (Phi) is 7.80. The predicted octanol–water partition coefficient (Wildman–Crippen LogP) is 0.678. The van der Waals surface area contributed by atoms with Crippen LogP contribution in [0.4, 0.5) is 4.39 Å². The van der Waals surface area contributed by atoms with Crippen molar-refractivity contribution < 1.29 is 42.5 Å². The molecule has 0 saturated carbocycles. The summed E-state index contributed by atoms with van der Waals surface area (Å²) >= 11 is 0. The Hall–Kier alpha value is -2.00. The van der Waals surface area contributed by atoms with Crippen LogP contribution in [0.3, 0.4) is 0 Å². The highest BCUT2D eigenvalue weighted by Crippen LogP contribution is 2.29. The average Bonchev–Trinajstić information content (AvgIpc) is 2.47. The number of halogens is 1. The van der Waals surface area contributed by atoms with Crippen LogP contribution < -0.4 is 0 Å². The van der Waals surface area contributed by atoms with Crippen LogP contribution in [0, 0.1) is 0 Å². The molecule has 0 aromatic carbocycles. The van der Waals surface area contributed by atoms with Crippen molar-refractivity contribution in [3.63, 3.8) is 0 Å². The lowest BCUT2D eigenvalue weighted by atomic mass is 9.98. The predicted molar refractivity (Wildman–Crippen MR) is 77.4 cm³/mol. The minimum absolute atomic E-state index is 0.00674. The number of carbonyl (C=O) groups is 3. The molecular formula is C15H21FO8. The first-order valence-electron chi connectivity index (χ1n) is 7.26. The van der Waals surface area contributed by atoms with Gasteiger partial charge in [-0.1, -0.05) is 6.08 Å².